The van der Waals surface area contributed by atoms with Crippen molar-refractivity contribution in [3.8, 4) is 34.7 Å². The minimum atomic E-state index is -1.06. The molecule has 1 N–H and O–H groups in total. The Labute approximate surface area is 223 Å². The van der Waals surface area contributed by atoms with Gasteiger partial charge in [-0.1, -0.05) is 24.3 Å². The van der Waals surface area contributed by atoms with E-state index in [2.05, 4.69) is 10.1 Å². The van der Waals surface area contributed by atoms with Gasteiger partial charge in [0.15, 0.2) is 17.3 Å². The average Bonchev–Trinajstić information content (AvgIpc) is 3.70. The molecule has 0 unspecified atom stereocenters. The first kappa shape index (κ1) is 25.4. The fraction of sp³-hybridized carbons (Fsp3) is 0.138. The van der Waals surface area contributed by atoms with Crippen LogP contribution in [0.3, 0.4) is 0 Å². The summed E-state index contributed by atoms with van der Waals surface area (Å²) in [4.78, 5) is 15.5. The second-order valence-electron chi connectivity index (χ2n) is 8.40. The second-order valence-corrected chi connectivity index (χ2v) is 8.40. The van der Waals surface area contributed by atoms with E-state index in [-0.39, 0.29) is 13.2 Å². The van der Waals surface area contributed by atoms with Gasteiger partial charge in [-0.25, -0.2) is 14.5 Å². The smallest absolute Gasteiger partial charge is 0.328 e. The molecule has 0 atom stereocenters. The van der Waals surface area contributed by atoms with Crippen LogP contribution < -0.4 is 14.2 Å². The summed E-state index contributed by atoms with van der Waals surface area (Å²) in [6.45, 7) is 2.17. The Kier molecular flexibility index (Phi) is 7.44. The SMILES string of the molecule is COc1cc(COc2nn(-c3ccccc3)cc2/C=C/C(=O)O)ccc1OCc1nc(-c2ccco2)oc1C. The molecule has 0 saturated carbocycles. The van der Waals surface area contributed by atoms with Gasteiger partial charge in [0, 0.05) is 12.3 Å². The summed E-state index contributed by atoms with van der Waals surface area (Å²) in [5.74, 6) is 1.85. The van der Waals surface area contributed by atoms with Crippen molar-refractivity contribution in [2.75, 3.05) is 7.11 Å². The molecule has 0 amide bonds. The Morgan fingerprint density at radius 3 is 2.64 bits per heavy atom. The number of furan rings is 1. The topological polar surface area (TPSA) is 122 Å². The molecule has 0 fully saturated rings. The molecule has 0 radical (unpaired) electrons. The van der Waals surface area contributed by atoms with E-state index in [0.717, 1.165) is 17.3 Å². The maximum atomic E-state index is 11.1. The minimum Gasteiger partial charge on any atom is -0.493 e. The van der Waals surface area contributed by atoms with E-state index in [1.165, 1.54) is 6.08 Å². The number of methoxy groups -OCH3 is 1. The quantitative estimate of drug-likeness (QED) is 0.216. The first-order valence-corrected chi connectivity index (χ1v) is 12.0. The number of oxazole rings is 1. The standard InChI is InChI=1S/C29H25N3O7/c1-19-23(30-29(39-19)25-9-6-14-36-25)18-37-24-12-10-20(15-26(24)35-2)17-38-28-21(11-13-27(33)34)16-32(31-28)22-7-4-3-5-8-22/h3-16H,17-18H2,1-2H3,(H,33,34)/b13-11+. The third-order valence-corrected chi connectivity index (χ3v) is 5.73. The summed E-state index contributed by atoms with van der Waals surface area (Å²) in [6, 6.07) is 18.5. The molecule has 10 nitrogen and oxygen atoms in total. The van der Waals surface area contributed by atoms with Crippen LogP contribution in [0.1, 0.15) is 22.6 Å². The summed E-state index contributed by atoms with van der Waals surface area (Å²) in [6.07, 6.45) is 5.77. The zero-order valence-electron chi connectivity index (χ0n) is 21.2. The van der Waals surface area contributed by atoms with Crippen molar-refractivity contribution in [3.05, 3.63) is 102 Å². The van der Waals surface area contributed by atoms with E-state index in [1.807, 2.05) is 43.3 Å². The van der Waals surface area contributed by atoms with Crippen LogP contribution in [0.2, 0.25) is 0 Å². The van der Waals surface area contributed by atoms with Crippen LogP contribution in [0.25, 0.3) is 23.4 Å². The second kappa shape index (κ2) is 11.4. The zero-order valence-corrected chi connectivity index (χ0v) is 21.2. The van der Waals surface area contributed by atoms with Crippen LogP contribution in [0.5, 0.6) is 17.4 Å². The number of para-hydroxylation sites is 1. The highest BCUT2D eigenvalue weighted by atomic mass is 16.5. The number of carboxylic acid groups (broad SMARTS) is 1. The molecular formula is C29H25N3O7. The molecule has 198 valence electrons. The third-order valence-electron chi connectivity index (χ3n) is 5.73. The number of carbonyl (C=O) groups is 1. The number of benzene rings is 2. The molecule has 10 heteroatoms. The van der Waals surface area contributed by atoms with Crippen molar-refractivity contribution in [1.82, 2.24) is 14.8 Å². The van der Waals surface area contributed by atoms with Crippen molar-refractivity contribution < 1.29 is 32.9 Å². The fourth-order valence-corrected chi connectivity index (χ4v) is 3.76. The third kappa shape index (κ3) is 6.02. The number of carboxylic acids is 1. The van der Waals surface area contributed by atoms with Gasteiger partial charge in [-0.05, 0) is 55.0 Å². The monoisotopic (exact) mass is 527 g/mol. The molecule has 0 spiro atoms. The summed E-state index contributed by atoms with van der Waals surface area (Å²) in [5, 5.41) is 13.6. The molecule has 0 bridgehead atoms. The summed E-state index contributed by atoms with van der Waals surface area (Å²) in [5.41, 5.74) is 2.80. The lowest BCUT2D eigenvalue weighted by atomic mass is 10.2. The predicted octanol–water partition coefficient (Wildman–Crippen LogP) is 5.69. The van der Waals surface area contributed by atoms with Gasteiger partial charge in [-0.3, -0.25) is 0 Å². The number of hydrogen-bond donors (Lipinski definition) is 1. The number of aryl methyl sites for hydroxylation is 1. The molecule has 0 saturated heterocycles. The Morgan fingerprint density at radius 1 is 1.05 bits per heavy atom. The first-order valence-electron chi connectivity index (χ1n) is 12.0. The zero-order chi connectivity index (χ0) is 27.2. The lowest BCUT2D eigenvalue weighted by Gasteiger charge is -2.12. The van der Waals surface area contributed by atoms with Gasteiger partial charge in [0.1, 0.15) is 24.7 Å². The van der Waals surface area contributed by atoms with Crippen LogP contribution in [0, 0.1) is 6.92 Å². The highest BCUT2D eigenvalue weighted by molar-refractivity contribution is 5.85. The van der Waals surface area contributed by atoms with Crippen molar-refractivity contribution in [2.24, 2.45) is 0 Å². The van der Waals surface area contributed by atoms with E-state index >= 15 is 0 Å². The normalized spacial score (nSPS) is 11.1. The van der Waals surface area contributed by atoms with Crippen LogP contribution in [0.4, 0.5) is 0 Å². The van der Waals surface area contributed by atoms with E-state index in [4.69, 9.17) is 28.2 Å². The molecule has 2 aromatic carbocycles. The van der Waals surface area contributed by atoms with Gasteiger partial charge in [-0.2, -0.15) is 0 Å². The van der Waals surface area contributed by atoms with E-state index in [1.54, 1.807) is 48.5 Å². The van der Waals surface area contributed by atoms with Gasteiger partial charge in [0.25, 0.3) is 5.89 Å². The summed E-state index contributed by atoms with van der Waals surface area (Å²) in [7, 11) is 1.56. The number of aromatic nitrogens is 3. The molecule has 39 heavy (non-hydrogen) atoms. The highest BCUT2D eigenvalue weighted by Gasteiger charge is 2.16. The fourth-order valence-electron chi connectivity index (χ4n) is 3.76. The van der Waals surface area contributed by atoms with Gasteiger partial charge in [0.2, 0.25) is 5.88 Å². The predicted molar refractivity (Wildman–Crippen MR) is 141 cm³/mol. The van der Waals surface area contributed by atoms with Crippen LogP contribution >= 0.6 is 0 Å². The maximum absolute atomic E-state index is 11.1. The number of aliphatic carboxylic acids is 1. The Balaban J connectivity index is 1.29. The van der Waals surface area contributed by atoms with E-state index in [9.17, 15) is 4.79 Å². The molecule has 0 aliphatic heterocycles. The van der Waals surface area contributed by atoms with Gasteiger partial charge < -0.3 is 28.2 Å². The molecule has 0 aliphatic carbocycles. The molecule has 0 aliphatic rings. The van der Waals surface area contributed by atoms with E-state index in [0.29, 0.717) is 46.0 Å². The summed E-state index contributed by atoms with van der Waals surface area (Å²) < 4.78 is 30.2. The van der Waals surface area contributed by atoms with Gasteiger partial charge >= 0.3 is 5.97 Å². The van der Waals surface area contributed by atoms with Crippen molar-refractivity contribution in [2.45, 2.75) is 20.1 Å². The molecule has 5 rings (SSSR count). The van der Waals surface area contributed by atoms with Crippen molar-refractivity contribution in [1.29, 1.82) is 0 Å². The van der Waals surface area contributed by atoms with Gasteiger partial charge in [-0.15, -0.1) is 5.10 Å². The van der Waals surface area contributed by atoms with E-state index < -0.39 is 5.97 Å². The Morgan fingerprint density at radius 2 is 1.90 bits per heavy atom. The molecule has 5 aromatic rings. The largest absolute Gasteiger partial charge is 0.493 e. The number of ether oxygens (including phenoxy) is 3. The number of hydrogen-bond acceptors (Lipinski definition) is 8. The lowest BCUT2D eigenvalue weighted by Crippen LogP contribution is -2.02. The maximum Gasteiger partial charge on any atom is 0.328 e. The number of rotatable bonds is 11. The Bertz CT molecular complexity index is 1580. The number of nitrogens with zero attached hydrogens (tertiary/aromatic N) is 3. The lowest BCUT2D eigenvalue weighted by molar-refractivity contribution is -0.131. The first-order chi connectivity index (χ1) is 19.0. The molecule has 3 heterocycles. The minimum absolute atomic E-state index is 0.172. The van der Waals surface area contributed by atoms with Crippen LogP contribution in [-0.2, 0) is 18.0 Å². The van der Waals surface area contributed by atoms with Crippen LogP contribution in [0.15, 0.2) is 88.0 Å². The van der Waals surface area contributed by atoms with Crippen molar-refractivity contribution in [3.63, 3.8) is 0 Å². The van der Waals surface area contributed by atoms with Crippen molar-refractivity contribution >= 4 is 12.0 Å². The highest BCUT2D eigenvalue weighted by Crippen LogP contribution is 2.31. The Hall–Kier alpha value is -5.25. The van der Waals surface area contributed by atoms with Crippen LogP contribution in [-0.4, -0.2) is 33.0 Å². The molecular weight excluding hydrogens is 502 g/mol. The van der Waals surface area contributed by atoms with Gasteiger partial charge in [0.05, 0.1) is 24.6 Å². The average molecular weight is 528 g/mol. The summed E-state index contributed by atoms with van der Waals surface area (Å²) >= 11 is 0. The molecule has 3 aromatic heterocycles.